The van der Waals surface area contributed by atoms with Crippen LogP contribution in [0.2, 0.25) is 0 Å². The van der Waals surface area contributed by atoms with Crippen LogP contribution in [-0.4, -0.2) is 29.6 Å². The number of aliphatic carboxylic acids is 1. The van der Waals surface area contributed by atoms with Crippen LogP contribution in [0, 0.1) is 56.7 Å². The Kier molecular flexibility index (Phi) is 5.60. The van der Waals surface area contributed by atoms with Gasteiger partial charge in [-0.1, -0.05) is 39.8 Å². The Hall–Kier alpha value is -0.870. The molecule has 4 heteroatoms. The smallest absolute Gasteiger partial charge is 0.309 e. The maximum atomic E-state index is 12.9. The largest absolute Gasteiger partial charge is 0.481 e. The van der Waals surface area contributed by atoms with Crippen LogP contribution in [0.25, 0.3) is 0 Å². The number of ether oxygens (including phenoxy) is 2. The molecule has 6 rings (SSSR count). The van der Waals surface area contributed by atoms with Crippen molar-refractivity contribution in [2.75, 3.05) is 6.61 Å². The Balaban J connectivity index is 1.37. The van der Waals surface area contributed by atoms with Crippen LogP contribution < -0.4 is 0 Å². The topological polar surface area (TPSA) is 55.8 Å². The second kappa shape index (κ2) is 7.87. The lowest BCUT2D eigenvalue weighted by Gasteiger charge is -2.73. The van der Waals surface area contributed by atoms with Crippen LogP contribution in [0.4, 0.5) is 0 Å². The van der Waals surface area contributed by atoms with E-state index in [9.17, 15) is 9.90 Å². The van der Waals surface area contributed by atoms with Gasteiger partial charge < -0.3 is 14.6 Å². The number of carboxylic acids is 1. The van der Waals surface area contributed by atoms with E-state index in [2.05, 4.69) is 55.0 Å². The highest BCUT2D eigenvalue weighted by molar-refractivity contribution is 5.76. The molecule has 1 aliphatic heterocycles. The molecule has 1 saturated heterocycles. The number of allylic oxidation sites excluding steroid dienone is 1. The van der Waals surface area contributed by atoms with E-state index < -0.39 is 17.2 Å². The van der Waals surface area contributed by atoms with E-state index in [1.807, 2.05) is 0 Å². The molecular weight excluding hydrogens is 460 g/mol. The number of hydrogen-bond acceptors (Lipinski definition) is 3. The molecule has 0 aromatic carbocycles. The zero-order valence-electron chi connectivity index (χ0n) is 24.6. The highest BCUT2D eigenvalue weighted by atomic mass is 16.7. The Morgan fingerprint density at radius 2 is 1.54 bits per heavy atom. The summed E-state index contributed by atoms with van der Waals surface area (Å²) in [6.07, 6.45) is 11.3. The first kappa shape index (κ1) is 26.4. The Labute approximate surface area is 225 Å². The van der Waals surface area contributed by atoms with E-state index in [1.165, 1.54) is 37.7 Å². The standard InChI is InChI=1S/C33H52O4/c1-20(2)21-11-16-33(27(34)35)18-17-31(7)22(26(21)33)9-10-24-29(5)14-13-25-30(6,19-36-28(3,4)37-25)23(29)12-15-32(24,31)8/h21-26H,1,9-19H2,2-8H3,(H,34,35)/t21-,22+,23+,24+,25-,26+,29-,30-,31+,32+,33-/m0/s1. The molecule has 1 heterocycles. The third kappa shape index (κ3) is 3.18. The van der Waals surface area contributed by atoms with Crippen molar-refractivity contribution in [2.24, 2.45) is 56.7 Å². The number of carboxylic acid groups (broad SMARTS) is 1. The fourth-order valence-corrected chi connectivity index (χ4v) is 12.4. The summed E-state index contributed by atoms with van der Waals surface area (Å²) in [5.41, 5.74) is 1.46. The van der Waals surface area contributed by atoms with E-state index in [4.69, 9.17) is 9.47 Å². The fourth-order valence-electron chi connectivity index (χ4n) is 12.4. The van der Waals surface area contributed by atoms with Crippen molar-refractivity contribution in [3.63, 3.8) is 0 Å². The summed E-state index contributed by atoms with van der Waals surface area (Å²) in [5, 5.41) is 10.6. The van der Waals surface area contributed by atoms with Gasteiger partial charge in [0.25, 0.3) is 0 Å². The molecule has 6 fully saturated rings. The van der Waals surface area contributed by atoms with E-state index in [1.54, 1.807) is 0 Å². The minimum Gasteiger partial charge on any atom is -0.481 e. The number of fused-ring (bicyclic) bond motifs is 9. The first-order valence-electron chi connectivity index (χ1n) is 15.4. The minimum absolute atomic E-state index is 0.0725. The summed E-state index contributed by atoms with van der Waals surface area (Å²) in [7, 11) is 0. The molecule has 0 radical (unpaired) electrons. The predicted octanol–water partition coefficient (Wildman–Crippen LogP) is 7.86. The molecule has 0 spiro atoms. The van der Waals surface area contributed by atoms with Gasteiger partial charge in [-0.3, -0.25) is 4.79 Å². The minimum atomic E-state index is -0.535. The third-order valence-electron chi connectivity index (χ3n) is 14.4. The number of rotatable bonds is 2. The van der Waals surface area contributed by atoms with Gasteiger partial charge in [-0.15, -0.1) is 0 Å². The molecule has 6 aliphatic rings. The molecule has 0 bridgehead atoms. The molecule has 1 N–H and O–H groups in total. The maximum absolute atomic E-state index is 12.9. The third-order valence-corrected chi connectivity index (χ3v) is 14.4. The van der Waals surface area contributed by atoms with E-state index >= 15 is 0 Å². The Bertz CT molecular complexity index is 1000. The second-order valence-electron chi connectivity index (χ2n) is 16.0. The zero-order valence-corrected chi connectivity index (χ0v) is 24.6. The van der Waals surface area contributed by atoms with Crippen LogP contribution in [0.5, 0.6) is 0 Å². The Morgan fingerprint density at radius 1 is 0.811 bits per heavy atom. The summed E-state index contributed by atoms with van der Waals surface area (Å²) >= 11 is 0. The van der Waals surface area contributed by atoms with Crippen molar-refractivity contribution in [1.82, 2.24) is 0 Å². The molecule has 0 unspecified atom stereocenters. The molecule has 0 aromatic rings. The summed E-state index contributed by atoms with van der Waals surface area (Å²) < 4.78 is 12.9. The highest BCUT2D eigenvalue weighted by Crippen LogP contribution is 2.77. The molecule has 5 aliphatic carbocycles. The quantitative estimate of drug-likeness (QED) is 0.383. The van der Waals surface area contributed by atoms with Gasteiger partial charge in [0.2, 0.25) is 0 Å². The van der Waals surface area contributed by atoms with Crippen molar-refractivity contribution >= 4 is 5.97 Å². The molecule has 0 amide bonds. The van der Waals surface area contributed by atoms with Crippen molar-refractivity contribution < 1.29 is 19.4 Å². The van der Waals surface area contributed by atoms with Crippen LogP contribution in [0.3, 0.4) is 0 Å². The van der Waals surface area contributed by atoms with Crippen molar-refractivity contribution in [1.29, 1.82) is 0 Å². The fraction of sp³-hybridized carbons (Fsp3) is 0.909. The second-order valence-corrected chi connectivity index (χ2v) is 16.0. The summed E-state index contributed by atoms with van der Waals surface area (Å²) in [6, 6.07) is 0. The lowest BCUT2D eigenvalue weighted by molar-refractivity contribution is -0.354. The van der Waals surface area contributed by atoms with E-state index in [0.717, 1.165) is 38.7 Å². The van der Waals surface area contributed by atoms with Gasteiger partial charge in [0.15, 0.2) is 5.79 Å². The van der Waals surface area contributed by atoms with Crippen molar-refractivity contribution in [3.8, 4) is 0 Å². The first-order chi connectivity index (χ1) is 17.1. The summed E-state index contributed by atoms with van der Waals surface area (Å²) in [5.74, 6) is 1.38. The molecule has 4 nitrogen and oxygen atoms in total. The SMILES string of the molecule is C=C(C)[C@@H]1CC[C@]2(C(=O)O)CC[C@]3(C)[C@H](CC[C@@H]4[C@@]5(C)CC[C@@H]6OC(C)(C)OC[C@@]6(C)[C@@H]5CC[C@]43C)[C@@H]12. The highest BCUT2D eigenvalue weighted by Gasteiger charge is 2.72. The molecular formula is C33H52O4. The van der Waals surface area contributed by atoms with Crippen LogP contribution in [0.1, 0.15) is 113 Å². The van der Waals surface area contributed by atoms with Crippen LogP contribution in [-0.2, 0) is 14.3 Å². The van der Waals surface area contributed by atoms with Gasteiger partial charge in [-0.05, 0) is 131 Å². The maximum Gasteiger partial charge on any atom is 0.309 e. The Morgan fingerprint density at radius 3 is 2.22 bits per heavy atom. The van der Waals surface area contributed by atoms with Gasteiger partial charge in [0, 0.05) is 5.41 Å². The zero-order chi connectivity index (χ0) is 26.8. The van der Waals surface area contributed by atoms with E-state index in [-0.39, 0.29) is 33.7 Å². The monoisotopic (exact) mass is 512 g/mol. The molecule has 0 aromatic heterocycles. The molecule has 11 atom stereocenters. The number of carbonyl (C=O) groups is 1. The molecule has 208 valence electrons. The average Bonchev–Trinajstić information content (AvgIpc) is 3.21. The predicted molar refractivity (Wildman–Crippen MR) is 146 cm³/mol. The van der Waals surface area contributed by atoms with Gasteiger partial charge in [-0.2, -0.15) is 0 Å². The summed E-state index contributed by atoms with van der Waals surface area (Å²) in [6.45, 7) is 21.8. The number of hydrogen-bond donors (Lipinski definition) is 1. The normalized spacial score (nSPS) is 56.2. The van der Waals surface area contributed by atoms with Crippen LogP contribution >= 0.6 is 0 Å². The van der Waals surface area contributed by atoms with Gasteiger partial charge in [0.1, 0.15) is 0 Å². The van der Waals surface area contributed by atoms with Crippen molar-refractivity contribution in [2.45, 2.75) is 125 Å². The molecule has 37 heavy (non-hydrogen) atoms. The van der Waals surface area contributed by atoms with Gasteiger partial charge in [0.05, 0.1) is 18.1 Å². The lowest BCUT2D eigenvalue weighted by atomic mass is 9.32. The van der Waals surface area contributed by atoms with Gasteiger partial charge in [-0.25, -0.2) is 0 Å². The van der Waals surface area contributed by atoms with E-state index in [0.29, 0.717) is 23.7 Å². The lowest BCUT2D eigenvalue weighted by Crippen LogP contribution is -2.69. The summed E-state index contributed by atoms with van der Waals surface area (Å²) in [4.78, 5) is 12.9. The van der Waals surface area contributed by atoms with Crippen molar-refractivity contribution in [3.05, 3.63) is 12.2 Å². The first-order valence-corrected chi connectivity index (χ1v) is 15.4. The van der Waals surface area contributed by atoms with Crippen LogP contribution in [0.15, 0.2) is 12.2 Å². The van der Waals surface area contributed by atoms with Gasteiger partial charge >= 0.3 is 5.97 Å². The average molecular weight is 513 g/mol. The molecule has 5 saturated carbocycles.